The van der Waals surface area contributed by atoms with Gasteiger partial charge in [0.25, 0.3) is 0 Å². The molecule has 66 valence electrons. The van der Waals surface area contributed by atoms with Gasteiger partial charge in [0.15, 0.2) is 5.15 Å². The first kappa shape index (κ1) is 7.92. The number of aromatic nitrogens is 2. The van der Waals surface area contributed by atoms with E-state index in [2.05, 4.69) is 11.9 Å². The second-order valence-corrected chi connectivity index (χ2v) is 3.82. The van der Waals surface area contributed by atoms with Gasteiger partial charge in [-0.05, 0) is 18.8 Å². The number of nitrogens with two attached hydrogens (primary N) is 1. The fraction of sp³-hybridized carbons (Fsp3) is 0.625. The topological polar surface area (TPSA) is 43.8 Å². The third-order valence-electron chi connectivity index (χ3n) is 2.42. The molecule has 0 radical (unpaired) electrons. The van der Waals surface area contributed by atoms with Crippen LogP contribution in [0.3, 0.4) is 0 Å². The average molecular weight is 186 g/mol. The number of anilines is 1. The standard InChI is InChI=1S/C8H12ClN3/c1-5-2-3-6-7(9)11-8(10)12(6)4-5/h5H,2-4H2,1H3,(H2,10,11). The molecule has 2 heterocycles. The Morgan fingerprint density at radius 2 is 2.42 bits per heavy atom. The Bertz CT molecular complexity index is 305. The SMILES string of the molecule is CC1CCc2c(Cl)nc(N)n2C1. The van der Waals surface area contributed by atoms with Crippen LogP contribution in [0.15, 0.2) is 0 Å². The highest BCUT2D eigenvalue weighted by atomic mass is 35.5. The lowest BCUT2D eigenvalue weighted by molar-refractivity contribution is 0.403. The molecule has 0 amide bonds. The summed E-state index contributed by atoms with van der Waals surface area (Å²) in [4.78, 5) is 4.03. The molecule has 1 aromatic rings. The van der Waals surface area contributed by atoms with Crippen LogP contribution in [0.2, 0.25) is 5.15 Å². The number of hydrogen-bond donors (Lipinski definition) is 1. The van der Waals surface area contributed by atoms with Crippen molar-refractivity contribution in [2.45, 2.75) is 26.3 Å². The molecular formula is C8H12ClN3. The van der Waals surface area contributed by atoms with Crippen molar-refractivity contribution in [2.75, 3.05) is 5.73 Å². The summed E-state index contributed by atoms with van der Waals surface area (Å²) in [5.74, 6) is 1.24. The molecule has 2 N–H and O–H groups in total. The fourth-order valence-corrected chi connectivity index (χ4v) is 1.99. The molecule has 0 fully saturated rings. The summed E-state index contributed by atoms with van der Waals surface area (Å²) in [6.45, 7) is 3.18. The van der Waals surface area contributed by atoms with Crippen molar-refractivity contribution in [3.63, 3.8) is 0 Å². The quantitative estimate of drug-likeness (QED) is 0.669. The van der Waals surface area contributed by atoms with Crippen molar-refractivity contribution >= 4 is 17.5 Å². The number of halogens is 1. The van der Waals surface area contributed by atoms with Crippen LogP contribution in [0.1, 0.15) is 19.0 Å². The molecule has 12 heavy (non-hydrogen) atoms. The Balaban J connectivity index is 2.45. The summed E-state index contributed by atoms with van der Waals surface area (Å²) in [5, 5.41) is 0.583. The van der Waals surface area contributed by atoms with E-state index < -0.39 is 0 Å². The van der Waals surface area contributed by atoms with Crippen molar-refractivity contribution in [1.29, 1.82) is 0 Å². The van der Waals surface area contributed by atoms with Crippen molar-refractivity contribution in [3.8, 4) is 0 Å². The summed E-state index contributed by atoms with van der Waals surface area (Å²) in [7, 11) is 0. The van der Waals surface area contributed by atoms with E-state index in [1.807, 2.05) is 4.57 Å². The Hall–Kier alpha value is -0.700. The van der Waals surface area contributed by atoms with E-state index in [9.17, 15) is 0 Å². The monoisotopic (exact) mass is 185 g/mol. The van der Waals surface area contributed by atoms with Crippen molar-refractivity contribution in [1.82, 2.24) is 9.55 Å². The van der Waals surface area contributed by atoms with Crippen molar-refractivity contribution < 1.29 is 0 Å². The number of nitrogen functional groups attached to an aromatic ring is 1. The number of nitrogens with zero attached hydrogens (tertiary/aromatic N) is 2. The highest BCUT2D eigenvalue weighted by molar-refractivity contribution is 6.30. The van der Waals surface area contributed by atoms with Gasteiger partial charge in [-0.25, -0.2) is 4.98 Å². The van der Waals surface area contributed by atoms with Gasteiger partial charge in [-0.2, -0.15) is 0 Å². The smallest absolute Gasteiger partial charge is 0.201 e. The van der Waals surface area contributed by atoms with Crippen LogP contribution in [0.4, 0.5) is 5.95 Å². The summed E-state index contributed by atoms with van der Waals surface area (Å²) in [6.07, 6.45) is 2.19. The second-order valence-electron chi connectivity index (χ2n) is 3.46. The predicted molar refractivity (Wildman–Crippen MR) is 49.1 cm³/mol. The largest absolute Gasteiger partial charge is 0.369 e. The molecule has 4 heteroatoms. The van der Waals surface area contributed by atoms with E-state index in [4.69, 9.17) is 17.3 Å². The van der Waals surface area contributed by atoms with Gasteiger partial charge >= 0.3 is 0 Å². The zero-order valence-corrected chi connectivity index (χ0v) is 7.80. The molecule has 1 aliphatic rings. The molecule has 1 unspecified atom stereocenters. The first-order valence-electron chi connectivity index (χ1n) is 4.19. The van der Waals surface area contributed by atoms with Crippen LogP contribution in [0, 0.1) is 5.92 Å². The van der Waals surface area contributed by atoms with Gasteiger partial charge in [-0.15, -0.1) is 0 Å². The van der Waals surface area contributed by atoms with Crippen molar-refractivity contribution in [2.24, 2.45) is 5.92 Å². The lowest BCUT2D eigenvalue weighted by Gasteiger charge is -2.21. The second kappa shape index (κ2) is 2.66. The Morgan fingerprint density at radius 1 is 1.67 bits per heavy atom. The van der Waals surface area contributed by atoms with E-state index in [0.717, 1.165) is 18.7 Å². The first-order chi connectivity index (χ1) is 5.68. The Kier molecular flexibility index (Phi) is 1.76. The highest BCUT2D eigenvalue weighted by Crippen LogP contribution is 2.27. The lowest BCUT2D eigenvalue weighted by atomic mass is 10.0. The maximum atomic E-state index is 5.90. The summed E-state index contributed by atoms with van der Waals surface area (Å²) in [5.41, 5.74) is 6.80. The lowest BCUT2D eigenvalue weighted by Crippen LogP contribution is -2.19. The fourth-order valence-electron chi connectivity index (χ4n) is 1.70. The van der Waals surface area contributed by atoms with Crippen molar-refractivity contribution in [3.05, 3.63) is 10.8 Å². The Labute approximate surface area is 76.5 Å². The van der Waals surface area contributed by atoms with Gasteiger partial charge in [-0.3, -0.25) is 0 Å². The van der Waals surface area contributed by atoms with Gasteiger partial charge in [0.05, 0.1) is 5.69 Å². The van der Waals surface area contributed by atoms with Gasteiger partial charge in [-0.1, -0.05) is 18.5 Å². The van der Waals surface area contributed by atoms with Crippen LogP contribution in [0.25, 0.3) is 0 Å². The van der Waals surface area contributed by atoms with Gasteiger partial charge in [0.1, 0.15) is 0 Å². The Morgan fingerprint density at radius 3 is 3.17 bits per heavy atom. The molecule has 3 nitrogen and oxygen atoms in total. The summed E-state index contributed by atoms with van der Waals surface area (Å²) in [6, 6.07) is 0. The third kappa shape index (κ3) is 1.08. The zero-order chi connectivity index (χ0) is 8.72. The maximum Gasteiger partial charge on any atom is 0.201 e. The summed E-state index contributed by atoms with van der Waals surface area (Å²) < 4.78 is 2.02. The van der Waals surface area contributed by atoms with Crippen LogP contribution in [0.5, 0.6) is 0 Å². The predicted octanol–water partition coefficient (Wildman–Crippen LogP) is 1.70. The first-order valence-corrected chi connectivity index (χ1v) is 4.56. The molecular weight excluding hydrogens is 174 g/mol. The maximum absolute atomic E-state index is 5.90. The minimum Gasteiger partial charge on any atom is -0.369 e. The van der Waals surface area contributed by atoms with E-state index in [-0.39, 0.29) is 0 Å². The molecule has 0 saturated carbocycles. The zero-order valence-electron chi connectivity index (χ0n) is 7.05. The molecule has 1 aliphatic heterocycles. The van der Waals surface area contributed by atoms with Crippen LogP contribution < -0.4 is 5.73 Å². The van der Waals surface area contributed by atoms with Crippen LogP contribution in [-0.2, 0) is 13.0 Å². The van der Waals surface area contributed by atoms with E-state index in [1.165, 1.54) is 6.42 Å². The number of imidazole rings is 1. The molecule has 1 aromatic heterocycles. The number of rotatable bonds is 0. The molecule has 0 aromatic carbocycles. The van der Waals surface area contributed by atoms with Gasteiger partial charge in [0.2, 0.25) is 5.95 Å². The summed E-state index contributed by atoms with van der Waals surface area (Å²) >= 11 is 5.90. The molecule has 0 spiro atoms. The van der Waals surface area contributed by atoms with Gasteiger partial charge < -0.3 is 10.3 Å². The number of fused-ring (bicyclic) bond motifs is 1. The van der Waals surface area contributed by atoms with E-state index >= 15 is 0 Å². The van der Waals surface area contributed by atoms with E-state index in [1.54, 1.807) is 0 Å². The normalized spacial score (nSPS) is 22.3. The molecule has 2 rings (SSSR count). The molecule has 0 aliphatic carbocycles. The van der Waals surface area contributed by atoms with Crippen LogP contribution >= 0.6 is 11.6 Å². The van der Waals surface area contributed by atoms with Crippen LogP contribution in [-0.4, -0.2) is 9.55 Å². The average Bonchev–Trinajstić information content (AvgIpc) is 2.28. The minimum atomic E-state index is 0.557. The van der Waals surface area contributed by atoms with E-state index in [0.29, 0.717) is 17.0 Å². The molecule has 0 saturated heterocycles. The minimum absolute atomic E-state index is 0.557. The third-order valence-corrected chi connectivity index (χ3v) is 2.72. The highest BCUT2D eigenvalue weighted by Gasteiger charge is 2.20. The molecule has 0 bridgehead atoms. The molecule has 1 atom stereocenters. The number of hydrogen-bond acceptors (Lipinski definition) is 2. The van der Waals surface area contributed by atoms with Gasteiger partial charge in [0, 0.05) is 6.54 Å².